The second-order valence-electron chi connectivity index (χ2n) is 5.70. The van der Waals surface area contributed by atoms with E-state index in [1.54, 1.807) is 31.1 Å². The number of carbonyl (C=O) groups is 1. The number of benzene rings is 1. The van der Waals surface area contributed by atoms with Crippen molar-refractivity contribution >= 4 is 17.3 Å². The molecular formula is C15H23N3O. The summed E-state index contributed by atoms with van der Waals surface area (Å²) in [6.07, 6.45) is 2.67. The minimum Gasteiger partial charge on any atom is -0.399 e. The van der Waals surface area contributed by atoms with E-state index in [2.05, 4.69) is 12.2 Å². The Hall–Kier alpha value is -1.71. The monoisotopic (exact) mass is 261 g/mol. The maximum absolute atomic E-state index is 12.1. The van der Waals surface area contributed by atoms with Crippen LogP contribution >= 0.6 is 0 Å². The standard InChI is InChI=1S/C15H23N3O/c1-10(11-4-5-11)9-17-14-8-12(16)6-7-13(14)15(19)18(2)3/h6-8,10-11,17H,4-5,9,16H2,1-3H3. The molecule has 3 N–H and O–H groups in total. The molecule has 0 saturated heterocycles. The number of hydrogen-bond donors (Lipinski definition) is 2. The number of nitrogens with two attached hydrogens (primary N) is 1. The Balaban J connectivity index is 2.12. The van der Waals surface area contributed by atoms with E-state index in [1.807, 2.05) is 6.07 Å². The first kappa shape index (κ1) is 13.7. The summed E-state index contributed by atoms with van der Waals surface area (Å²) >= 11 is 0. The highest BCUT2D eigenvalue weighted by molar-refractivity contribution is 5.99. The molecule has 0 spiro atoms. The lowest BCUT2D eigenvalue weighted by Crippen LogP contribution is -2.24. The minimum atomic E-state index is 0.00146. The summed E-state index contributed by atoms with van der Waals surface area (Å²) in [7, 11) is 3.52. The van der Waals surface area contributed by atoms with Gasteiger partial charge in [0.05, 0.1) is 5.56 Å². The molecule has 1 saturated carbocycles. The zero-order valence-corrected chi connectivity index (χ0v) is 11.9. The fraction of sp³-hybridized carbons (Fsp3) is 0.533. The van der Waals surface area contributed by atoms with Crippen LogP contribution in [0.4, 0.5) is 11.4 Å². The number of nitrogens with one attached hydrogen (secondary N) is 1. The first-order valence-electron chi connectivity index (χ1n) is 6.84. The van der Waals surface area contributed by atoms with Crippen molar-refractivity contribution in [2.24, 2.45) is 11.8 Å². The summed E-state index contributed by atoms with van der Waals surface area (Å²) in [4.78, 5) is 13.7. The largest absolute Gasteiger partial charge is 0.399 e. The maximum Gasteiger partial charge on any atom is 0.255 e. The highest BCUT2D eigenvalue weighted by Crippen LogP contribution is 2.36. The van der Waals surface area contributed by atoms with Gasteiger partial charge in [-0.25, -0.2) is 0 Å². The van der Waals surface area contributed by atoms with Gasteiger partial charge in [-0.05, 0) is 42.9 Å². The lowest BCUT2D eigenvalue weighted by Gasteiger charge is -2.18. The molecule has 1 unspecified atom stereocenters. The molecule has 1 aliphatic carbocycles. The van der Waals surface area contributed by atoms with E-state index in [1.165, 1.54) is 12.8 Å². The van der Waals surface area contributed by atoms with Gasteiger partial charge in [0.25, 0.3) is 5.91 Å². The molecule has 0 heterocycles. The predicted molar refractivity (Wildman–Crippen MR) is 79.2 cm³/mol. The van der Waals surface area contributed by atoms with Crippen molar-refractivity contribution < 1.29 is 4.79 Å². The zero-order chi connectivity index (χ0) is 14.0. The van der Waals surface area contributed by atoms with Gasteiger partial charge in [-0.1, -0.05) is 6.92 Å². The van der Waals surface area contributed by atoms with E-state index >= 15 is 0 Å². The van der Waals surface area contributed by atoms with Crippen LogP contribution in [0.15, 0.2) is 18.2 Å². The van der Waals surface area contributed by atoms with Gasteiger partial charge in [0.2, 0.25) is 0 Å². The summed E-state index contributed by atoms with van der Waals surface area (Å²) in [5.41, 5.74) is 8.02. The summed E-state index contributed by atoms with van der Waals surface area (Å²) in [6.45, 7) is 3.15. The number of nitrogen functional groups attached to an aromatic ring is 1. The van der Waals surface area contributed by atoms with Crippen molar-refractivity contribution in [1.82, 2.24) is 4.90 Å². The number of rotatable bonds is 5. The summed E-state index contributed by atoms with van der Waals surface area (Å²) < 4.78 is 0. The molecule has 2 rings (SSSR count). The molecule has 0 radical (unpaired) electrons. The van der Waals surface area contributed by atoms with Crippen LogP contribution in [-0.2, 0) is 0 Å². The topological polar surface area (TPSA) is 58.4 Å². The normalized spacial score (nSPS) is 15.9. The molecule has 0 bridgehead atoms. The van der Waals surface area contributed by atoms with Crippen molar-refractivity contribution in [2.75, 3.05) is 31.7 Å². The average molecular weight is 261 g/mol. The first-order valence-corrected chi connectivity index (χ1v) is 6.84. The number of anilines is 2. The maximum atomic E-state index is 12.1. The van der Waals surface area contributed by atoms with Crippen LogP contribution in [0.2, 0.25) is 0 Å². The quantitative estimate of drug-likeness (QED) is 0.800. The van der Waals surface area contributed by atoms with Crippen LogP contribution in [0.1, 0.15) is 30.1 Å². The lowest BCUT2D eigenvalue weighted by atomic mass is 10.1. The molecule has 0 aromatic heterocycles. The van der Waals surface area contributed by atoms with Gasteiger partial charge in [0.1, 0.15) is 0 Å². The first-order chi connectivity index (χ1) is 8.99. The van der Waals surface area contributed by atoms with Gasteiger partial charge in [-0.2, -0.15) is 0 Å². The molecule has 0 aliphatic heterocycles. The molecule has 1 fully saturated rings. The molecular weight excluding hydrogens is 238 g/mol. The number of hydrogen-bond acceptors (Lipinski definition) is 3. The second kappa shape index (κ2) is 5.51. The third-order valence-corrected chi connectivity index (χ3v) is 3.72. The Morgan fingerprint density at radius 3 is 2.74 bits per heavy atom. The molecule has 1 aromatic carbocycles. The Labute approximate surface area is 115 Å². The fourth-order valence-electron chi connectivity index (χ4n) is 2.24. The van der Waals surface area contributed by atoms with Gasteiger partial charge < -0.3 is 16.0 Å². The van der Waals surface area contributed by atoms with E-state index in [-0.39, 0.29) is 5.91 Å². The van der Waals surface area contributed by atoms with Gasteiger partial charge in [-0.15, -0.1) is 0 Å². The van der Waals surface area contributed by atoms with Crippen LogP contribution in [0.25, 0.3) is 0 Å². The van der Waals surface area contributed by atoms with E-state index in [0.717, 1.165) is 18.2 Å². The Kier molecular flexibility index (Phi) is 3.98. The molecule has 19 heavy (non-hydrogen) atoms. The van der Waals surface area contributed by atoms with Crippen molar-refractivity contribution in [1.29, 1.82) is 0 Å². The van der Waals surface area contributed by atoms with Crippen LogP contribution in [0.3, 0.4) is 0 Å². The van der Waals surface area contributed by atoms with Gasteiger partial charge in [0.15, 0.2) is 0 Å². The van der Waals surface area contributed by atoms with Crippen molar-refractivity contribution in [3.8, 4) is 0 Å². The molecule has 1 atom stereocenters. The van der Waals surface area contributed by atoms with Crippen LogP contribution in [0.5, 0.6) is 0 Å². The average Bonchev–Trinajstić information content (AvgIpc) is 3.19. The summed E-state index contributed by atoms with van der Waals surface area (Å²) in [6, 6.07) is 5.41. The van der Waals surface area contributed by atoms with Gasteiger partial charge in [-0.3, -0.25) is 4.79 Å². The molecule has 104 valence electrons. The number of nitrogens with zero attached hydrogens (tertiary/aromatic N) is 1. The molecule has 1 aromatic rings. The van der Waals surface area contributed by atoms with Crippen LogP contribution in [0, 0.1) is 11.8 Å². The van der Waals surface area contributed by atoms with E-state index in [4.69, 9.17) is 5.73 Å². The highest BCUT2D eigenvalue weighted by atomic mass is 16.2. The fourth-order valence-corrected chi connectivity index (χ4v) is 2.24. The highest BCUT2D eigenvalue weighted by Gasteiger charge is 2.27. The number of amides is 1. The van der Waals surface area contributed by atoms with Crippen molar-refractivity contribution in [2.45, 2.75) is 19.8 Å². The van der Waals surface area contributed by atoms with Crippen LogP contribution in [-0.4, -0.2) is 31.4 Å². The zero-order valence-electron chi connectivity index (χ0n) is 11.9. The second-order valence-corrected chi connectivity index (χ2v) is 5.70. The van der Waals surface area contributed by atoms with E-state index in [9.17, 15) is 4.79 Å². The minimum absolute atomic E-state index is 0.00146. The van der Waals surface area contributed by atoms with Crippen molar-refractivity contribution in [3.05, 3.63) is 23.8 Å². The molecule has 1 amide bonds. The number of carbonyl (C=O) groups excluding carboxylic acids is 1. The Morgan fingerprint density at radius 2 is 2.16 bits per heavy atom. The van der Waals surface area contributed by atoms with Crippen LogP contribution < -0.4 is 11.1 Å². The Bertz CT molecular complexity index is 466. The third-order valence-electron chi connectivity index (χ3n) is 3.72. The van der Waals surface area contributed by atoms with Crippen molar-refractivity contribution in [3.63, 3.8) is 0 Å². The van der Waals surface area contributed by atoms with E-state index in [0.29, 0.717) is 17.2 Å². The molecule has 4 heteroatoms. The lowest BCUT2D eigenvalue weighted by molar-refractivity contribution is 0.0828. The van der Waals surface area contributed by atoms with E-state index < -0.39 is 0 Å². The smallest absolute Gasteiger partial charge is 0.255 e. The van der Waals surface area contributed by atoms with Gasteiger partial charge >= 0.3 is 0 Å². The summed E-state index contributed by atoms with van der Waals surface area (Å²) in [5.74, 6) is 1.49. The predicted octanol–water partition coefficient (Wildman–Crippen LogP) is 2.43. The Morgan fingerprint density at radius 1 is 1.47 bits per heavy atom. The SMILES string of the molecule is CC(CNc1cc(N)ccc1C(=O)N(C)C)C1CC1. The molecule has 4 nitrogen and oxygen atoms in total. The molecule has 1 aliphatic rings. The summed E-state index contributed by atoms with van der Waals surface area (Å²) in [5, 5.41) is 3.38. The van der Waals surface area contributed by atoms with Gasteiger partial charge in [0, 0.05) is 32.0 Å². The third kappa shape index (κ3) is 3.40.